The Bertz CT molecular complexity index is 684. The quantitative estimate of drug-likeness (QED) is 0.536. The van der Waals surface area contributed by atoms with Crippen molar-refractivity contribution in [2.24, 2.45) is 0 Å². The zero-order valence-electron chi connectivity index (χ0n) is 12.6. The molecule has 0 N–H and O–H groups in total. The van der Waals surface area contributed by atoms with Crippen molar-refractivity contribution in [1.29, 1.82) is 0 Å². The van der Waals surface area contributed by atoms with Crippen molar-refractivity contribution in [3.05, 3.63) is 89.8 Å². The normalized spacial score (nSPS) is 14.5. The van der Waals surface area contributed by atoms with Gasteiger partial charge in [0, 0.05) is 11.5 Å². The molecule has 0 aliphatic carbocycles. The van der Waals surface area contributed by atoms with Gasteiger partial charge in [-0.15, -0.1) is 0 Å². The van der Waals surface area contributed by atoms with Crippen LogP contribution in [-0.2, 0) is 10.7 Å². The molecule has 1 unspecified atom stereocenters. The maximum Gasteiger partial charge on any atom is 0.140 e. The third kappa shape index (κ3) is 4.06. The van der Waals surface area contributed by atoms with Crippen LogP contribution >= 0.6 is 7.14 Å². The first kappa shape index (κ1) is 15.5. The molecule has 108 valence electrons. The molecule has 0 saturated heterocycles. The van der Waals surface area contributed by atoms with Crippen LogP contribution in [0.4, 0.5) is 0 Å². The van der Waals surface area contributed by atoms with Gasteiger partial charge in [0.25, 0.3) is 0 Å². The van der Waals surface area contributed by atoms with Gasteiger partial charge in [0.15, 0.2) is 0 Å². The lowest BCUT2D eigenvalue weighted by atomic mass is 10.2. The summed E-state index contributed by atoms with van der Waals surface area (Å²) in [7, 11) is -2.63. The smallest absolute Gasteiger partial charge is 0.140 e. The van der Waals surface area contributed by atoms with E-state index in [-0.39, 0.29) is 0 Å². The van der Waals surface area contributed by atoms with Crippen LogP contribution in [0.1, 0.15) is 19.4 Å². The van der Waals surface area contributed by atoms with Gasteiger partial charge in [0.2, 0.25) is 0 Å². The molecular formula is C19H21OP. The van der Waals surface area contributed by atoms with E-state index in [1.165, 1.54) is 0 Å². The molecule has 1 nitrogen and oxygen atoms in total. The van der Waals surface area contributed by atoms with Crippen molar-refractivity contribution in [2.75, 3.05) is 0 Å². The summed E-state index contributed by atoms with van der Waals surface area (Å²) in [4.78, 5) is 0. The molecule has 2 heteroatoms. The van der Waals surface area contributed by atoms with Crippen LogP contribution in [-0.4, -0.2) is 0 Å². The average Bonchev–Trinajstić information content (AvgIpc) is 2.49. The highest BCUT2D eigenvalue weighted by atomic mass is 31.2. The monoisotopic (exact) mass is 296 g/mol. The highest BCUT2D eigenvalue weighted by molar-refractivity contribution is 7.73. The lowest BCUT2D eigenvalue weighted by molar-refractivity contribution is 0.586. The topological polar surface area (TPSA) is 17.1 Å². The first-order valence-electron chi connectivity index (χ1n) is 7.05. The van der Waals surface area contributed by atoms with Gasteiger partial charge in [-0.3, -0.25) is 0 Å². The molecule has 0 radical (unpaired) electrons. The fourth-order valence-corrected chi connectivity index (χ4v) is 4.87. The van der Waals surface area contributed by atoms with Crippen molar-refractivity contribution < 1.29 is 4.57 Å². The molecule has 0 saturated carbocycles. The van der Waals surface area contributed by atoms with Gasteiger partial charge < -0.3 is 4.57 Å². The van der Waals surface area contributed by atoms with Gasteiger partial charge in [-0.05, 0) is 30.8 Å². The molecule has 2 aromatic rings. The van der Waals surface area contributed by atoms with E-state index in [4.69, 9.17) is 0 Å². The highest BCUT2D eigenvalue weighted by Gasteiger charge is 2.22. The van der Waals surface area contributed by atoms with Crippen molar-refractivity contribution in [2.45, 2.75) is 20.0 Å². The summed E-state index contributed by atoms with van der Waals surface area (Å²) in [6.07, 6.45) is 0.544. The lowest BCUT2D eigenvalue weighted by Gasteiger charge is -2.16. The van der Waals surface area contributed by atoms with Gasteiger partial charge >= 0.3 is 0 Å². The minimum absolute atomic E-state index is 0.544. The summed E-state index contributed by atoms with van der Waals surface area (Å²) in [5.41, 5.74) is 3.05. The number of allylic oxidation sites excluding steroid dienone is 2. The van der Waals surface area contributed by atoms with Crippen LogP contribution in [0.5, 0.6) is 0 Å². The molecule has 0 heterocycles. The van der Waals surface area contributed by atoms with Gasteiger partial charge in [0.1, 0.15) is 7.14 Å². The Balaban J connectivity index is 2.47. The second kappa shape index (κ2) is 6.74. The van der Waals surface area contributed by atoms with E-state index in [2.05, 4.69) is 6.58 Å². The maximum absolute atomic E-state index is 13.6. The van der Waals surface area contributed by atoms with Crippen LogP contribution < -0.4 is 5.30 Å². The van der Waals surface area contributed by atoms with Gasteiger partial charge in [0.05, 0.1) is 0 Å². The summed E-state index contributed by atoms with van der Waals surface area (Å²) in [5.74, 6) is 1.91. The third-order valence-electron chi connectivity index (χ3n) is 3.53. The Morgan fingerprint density at radius 3 is 2.05 bits per heavy atom. The second-order valence-corrected chi connectivity index (χ2v) is 8.05. The largest absolute Gasteiger partial charge is 0.314 e. The summed E-state index contributed by atoms with van der Waals surface area (Å²) >= 11 is 0. The van der Waals surface area contributed by atoms with Crippen molar-refractivity contribution in [3.8, 4) is 0 Å². The van der Waals surface area contributed by atoms with Crippen molar-refractivity contribution in [3.63, 3.8) is 0 Å². The predicted octanol–water partition coefficient (Wildman–Crippen LogP) is 5.36. The van der Waals surface area contributed by atoms with Crippen LogP contribution in [0.2, 0.25) is 0 Å². The standard InChI is InChI=1S/C19H21OP/c1-16(2)17(3)14-21(20,19-12-8-5-9-13-19)15-18-10-6-4-7-11-18/h4-14H,1,15H2,2-3H3. The van der Waals surface area contributed by atoms with E-state index in [1.54, 1.807) is 0 Å². The molecule has 0 amide bonds. The molecule has 0 fully saturated rings. The Morgan fingerprint density at radius 1 is 1.00 bits per heavy atom. The number of benzene rings is 2. The first-order chi connectivity index (χ1) is 10.0. The van der Waals surface area contributed by atoms with Crippen LogP contribution in [0, 0.1) is 0 Å². The molecule has 21 heavy (non-hydrogen) atoms. The molecule has 0 aromatic heterocycles. The second-order valence-electron chi connectivity index (χ2n) is 5.37. The minimum Gasteiger partial charge on any atom is -0.314 e. The van der Waals surface area contributed by atoms with E-state index in [9.17, 15) is 4.57 Å². The molecule has 2 rings (SSSR count). The molecule has 0 bridgehead atoms. The Hall–Kier alpha value is -1.85. The fraction of sp³-hybridized carbons (Fsp3) is 0.158. The minimum atomic E-state index is -2.63. The highest BCUT2D eigenvalue weighted by Crippen LogP contribution is 2.50. The Morgan fingerprint density at radius 2 is 1.52 bits per heavy atom. The van der Waals surface area contributed by atoms with Crippen LogP contribution in [0.3, 0.4) is 0 Å². The third-order valence-corrected chi connectivity index (χ3v) is 6.34. The van der Waals surface area contributed by atoms with E-state index < -0.39 is 7.14 Å². The predicted molar refractivity (Wildman–Crippen MR) is 92.4 cm³/mol. The molecule has 0 aliphatic rings. The van der Waals surface area contributed by atoms with E-state index in [0.717, 1.165) is 22.0 Å². The lowest BCUT2D eigenvalue weighted by Crippen LogP contribution is -2.05. The van der Waals surface area contributed by atoms with Crippen molar-refractivity contribution in [1.82, 2.24) is 0 Å². The first-order valence-corrected chi connectivity index (χ1v) is 9.01. The molecule has 1 atom stereocenters. The Labute approximate surface area is 127 Å². The van der Waals surface area contributed by atoms with E-state index in [1.807, 2.05) is 80.3 Å². The summed E-state index contributed by atoms with van der Waals surface area (Å²) in [6.45, 7) is 7.87. The molecular weight excluding hydrogens is 275 g/mol. The molecule has 0 spiro atoms. The van der Waals surface area contributed by atoms with E-state index in [0.29, 0.717) is 6.16 Å². The summed E-state index contributed by atoms with van der Waals surface area (Å²) in [6, 6.07) is 19.7. The number of rotatable bonds is 5. The van der Waals surface area contributed by atoms with Crippen molar-refractivity contribution >= 4 is 12.4 Å². The zero-order valence-corrected chi connectivity index (χ0v) is 13.5. The van der Waals surface area contributed by atoms with Crippen LogP contribution in [0.25, 0.3) is 0 Å². The van der Waals surface area contributed by atoms with E-state index >= 15 is 0 Å². The maximum atomic E-state index is 13.6. The van der Waals surface area contributed by atoms with Gasteiger partial charge in [-0.25, -0.2) is 0 Å². The SMILES string of the molecule is C=C(C)C(C)=CP(=O)(Cc1ccccc1)c1ccccc1. The summed E-state index contributed by atoms with van der Waals surface area (Å²) in [5, 5.41) is 0.898. The fourth-order valence-electron chi connectivity index (χ4n) is 2.17. The van der Waals surface area contributed by atoms with Gasteiger partial charge in [-0.2, -0.15) is 0 Å². The number of hydrogen-bond donors (Lipinski definition) is 0. The molecule has 2 aromatic carbocycles. The zero-order chi connectivity index (χ0) is 15.3. The van der Waals surface area contributed by atoms with Gasteiger partial charge in [-0.1, -0.05) is 72.8 Å². The number of hydrogen-bond acceptors (Lipinski definition) is 1. The van der Waals surface area contributed by atoms with Crippen LogP contribution in [0.15, 0.2) is 84.2 Å². The Kier molecular flexibility index (Phi) is 4.98. The average molecular weight is 296 g/mol. The molecule has 0 aliphatic heterocycles. The summed E-state index contributed by atoms with van der Waals surface area (Å²) < 4.78 is 13.6.